The van der Waals surface area contributed by atoms with Crippen LogP contribution in [0.5, 0.6) is 0 Å². The quantitative estimate of drug-likeness (QED) is 0.124. The first-order valence-corrected chi connectivity index (χ1v) is 38.6. The van der Waals surface area contributed by atoms with E-state index < -0.39 is 48.2 Å². The summed E-state index contributed by atoms with van der Waals surface area (Å²) in [6, 6.07) is 28.3. The fourth-order valence-corrected chi connectivity index (χ4v) is 23.5. The number of fused-ring (bicyclic) bond motifs is 8. The first-order chi connectivity index (χ1) is 35.7. The summed E-state index contributed by atoms with van der Waals surface area (Å²) in [6.45, 7) is 20.8. The van der Waals surface area contributed by atoms with Crippen LogP contribution in [0.15, 0.2) is 135 Å². The summed E-state index contributed by atoms with van der Waals surface area (Å²) >= 11 is -0.472. The number of hydrogen-bond acceptors (Lipinski definition) is 8. The standard InChI is InChI=1S/C26H28N4O4P2.2C13H15N2O2P.2CH3.2ClH.2Pt/c1-15-27-23(31)19-9-5-6-10-20(19)24(32)28(27)16(2)35(15)13-14-36-17(3)29-25(33)21-11-7-8-12-22(21)26(34)30(29)18(36)4;2*1-8-14-12(16)10-6-4-5-7-11(10)13(17)15(14)9(2)18(8)3;;;;;;/h5-12,15-18H,13-14H2,1-4H3;2*4-9H,1-3H3;2*1H3;2*1H;;/q;;;2*-1;;;2*+2/p+2/t15-,16-,17-,18-;2*8-,9-;;;;;;/m000....../s1. The van der Waals surface area contributed by atoms with Crippen molar-refractivity contribution in [3.8, 4) is 0 Å². The Morgan fingerprint density at radius 1 is 0.333 bits per heavy atom. The Hall–Kier alpha value is -3.68. The Bertz CT molecular complexity index is 3590. The maximum Gasteiger partial charge on any atom is 2.00 e. The van der Waals surface area contributed by atoms with E-state index in [4.69, 9.17) is 18.8 Å². The minimum absolute atomic E-state index is 0. The average molecular weight is 1540 g/mol. The van der Waals surface area contributed by atoms with Gasteiger partial charge in [-0.15, -0.1) is 0 Å². The summed E-state index contributed by atoms with van der Waals surface area (Å²) in [5.74, 6) is 0.591. The molecule has 0 spiro atoms. The fraction of sp³-hybridized carbons (Fsp3) is 0.370. The summed E-state index contributed by atoms with van der Waals surface area (Å²) in [6.07, 6.45) is 1.85. The summed E-state index contributed by atoms with van der Waals surface area (Å²) in [7, 11) is 5.93. The zero-order valence-electron chi connectivity index (χ0n) is 45.5. The molecule has 0 radical (unpaired) electrons. The van der Waals surface area contributed by atoms with Crippen LogP contribution in [0.25, 0.3) is 43.1 Å². The smallest absolute Gasteiger partial charge is 2.00 e. The van der Waals surface area contributed by atoms with Crippen molar-refractivity contribution in [1.29, 1.82) is 0 Å². The van der Waals surface area contributed by atoms with Gasteiger partial charge in [0.1, 0.15) is 0 Å². The van der Waals surface area contributed by atoms with Crippen molar-refractivity contribution in [3.05, 3.63) is 195 Å². The average Bonchev–Trinajstić information content (AvgIpc) is 4.07. The number of halogens is 2. The molecule has 0 fully saturated rings. The topological polar surface area (TPSA) is 176 Å². The van der Waals surface area contributed by atoms with Crippen LogP contribution in [0.3, 0.4) is 0 Å². The molecule has 24 heteroatoms. The second kappa shape index (κ2) is 25.2. The van der Waals surface area contributed by atoms with Gasteiger partial charge in [-0.2, -0.15) is 0 Å². The Balaban J connectivity index is 0.000000198. The van der Waals surface area contributed by atoms with Crippen LogP contribution in [0, 0.1) is 14.9 Å². The molecule has 4 aliphatic heterocycles. The largest absolute Gasteiger partial charge is 2.00 e. The molecule has 4 aromatic carbocycles. The second-order valence-electron chi connectivity index (χ2n) is 20.0. The molecular weight excluding hydrogens is 1470 g/mol. The molecule has 4 aromatic heterocycles. The van der Waals surface area contributed by atoms with Gasteiger partial charge < -0.3 is 14.9 Å². The second-order valence-corrected chi connectivity index (χ2v) is 36.2. The van der Waals surface area contributed by atoms with Crippen LogP contribution in [-0.2, 0) is 37.5 Å². The van der Waals surface area contributed by atoms with Crippen LogP contribution in [0.4, 0.5) is 0 Å². The minimum Gasteiger partial charge on any atom is 2.00 e. The van der Waals surface area contributed by atoms with E-state index in [9.17, 15) is 38.4 Å². The normalized spacial score (nSPS) is 22.2. The third kappa shape index (κ3) is 10.3. The van der Waals surface area contributed by atoms with Crippen LogP contribution in [0.1, 0.15) is 102 Å². The monoisotopic (exact) mass is 1540 g/mol. The molecule has 78 heavy (non-hydrogen) atoms. The van der Waals surface area contributed by atoms with Gasteiger partial charge in [0, 0.05) is 15.8 Å². The number of rotatable bonds is 3. The molecule has 0 saturated carbocycles. The van der Waals surface area contributed by atoms with Crippen LogP contribution >= 0.6 is 50.5 Å². The van der Waals surface area contributed by atoms with Crippen molar-refractivity contribution in [2.45, 2.75) is 102 Å². The minimum atomic E-state index is -1.15. The summed E-state index contributed by atoms with van der Waals surface area (Å²) in [4.78, 5) is 103. The molecule has 8 heterocycles. The van der Waals surface area contributed by atoms with E-state index >= 15 is 0 Å². The van der Waals surface area contributed by atoms with E-state index in [0.717, 1.165) is 12.3 Å². The first-order valence-electron chi connectivity index (χ1n) is 25.0. The molecule has 16 nitrogen and oxygen atoms in total. The zero-order valence-corrected chi connectivity index (χ0v) is 55.6. The maximum atomic E-state index is 13.3. The van der Waals surface area contributed by atoms with E-state index in [0.29, 0.717) is 43.1 Å². The van der Waals surface area contributed by atoms with E-state index in [1.165, 1.54) is 0 Å². The predicted molar refractivity (Wildman–Crippen MR) is 327 cm³/mol. The van der Waals surface area contributed by atoms with Gasteiger partial charge in [0.05, 0.1) is 84.6 Å². The molecule has 4 aliphatic rings. The van der Waals surface area contributed by atoms with E-state index in [2.05, 4.69) is 41.0 Å². The van der Waals surface area contributed by atoms with Gasteiger partial charge in [-0.1, -0.05) is 48.5 Å². The third-order valence-corrected chi connectivity index (χ3v) is 30.2. The number of nitrogens with zero attached hydrogens (tertiary/aromatic N) is 8. The number of benzene rings is 4. The molecule has 0 bridgehead atoms. The molecule has 0 amide bonds. The molecule has 0 unspecified atom stereocenters. The van der Waals surface area contributed by atoms with Gasteiger partial charge in [0.15, 0.2) is 46.3 Å². The fourth-order valence-electron chi connectivity index (χ4n) is 12.0. The van der Waals surface area contributed by atoms with Crippen LogP contribution < -0.4 is 44.5 Å². The van der Waals surface area contributed by atoms with Crippen molar-refractivity contribution in [1.82, 2.24) is 37.5 Å². The molecule has 8 atom stereocenters. The molecule has 0 aliphatic carbocycles. The van der Waals surface area contributed by atoms with Crippen LogP contribution in [-0.4, -0.2) is 63.1 Å². The summed E-state index contributed by atoms with van der Waals surface area (Å²) < 4.78 is 13.5. The molecule has 422 valence electrons. The van der Waals surface area contributed by atoms with Gasteiger partial charge in [0.25, 0.3) is 44.5 Å². The number of hydrogen-bond donors (Lipinski definition) is 0. The van der Waals surface area contributed by atoms with E-state index in [1.54, 1.807) is 110 Å². The number of aromatic nitrogens is 8. The zero-order chi connectivity index (χ0) is 54.2. The van der Waals surface area contributed by atoms with E-state index in [1.807, 2.05) is 52.0 Å². The van der Waals surface area contributed by atoms with Crippen molar-refractivity contribution in [2.75, 3.05) is 25.7 Å². The Labute approximate surface area is 486 Å². The summed E-state index contributed by atoms with van der Waals surface area (Å²) in [5.41, 5.74) is -0.538. The van der Waals surface area contributed by atoms with Crippen molar-refractivity contribution < 1.29 is 37.5 Å². The molecule has 8 aromatic rings. The third-order valence-electron chi connectivity index (χ3n) is 16.6. The molecular formula is C54H68Cl2N8O8P4Pt2+4. The SMILES string of the molecule is C[C@H]1n2c(=O)c3ccccc3c(=O)n2[C@H](C)[PH+]1C.C[C@H]1n2c(=O)c3ccccc3c(=O)n2[C@H](C)[PH+]1C.C[C@H]1n2c(=O)c3ccccc3c(=O)n2[C@H](C)[PH+]1CC[PH+]1[C@@H](C)n2c(=O)c3ccccc3c(=O)n2[C@@H]1C.[CH3-].[CH3-].[Cl][Pt][Cl].[Pt+2]. The molecule has 0 N–H and O–H groups in total. The maximum absolute atomic E-state index is 13.3. The Kier molecular flexibility index (Phi) is 20.5. The van der Waals surface area contributed by atoms with Crippen LogP contribution in [0.2, 0.25) is 0 Å². The van der Waals surface area contributed by atoms with Gasteiger partial charge in [0.2, 0.25) is 0 Å². The van der Waals surface area contributed by atoms with E-state index in [-0.39, 0.29) is 127 Å². The molecule has 12 rings (SSSR count). The molecule has 0 saturated heterocycles. The van der Waals surface area contributed by atoms with Crippen molar-refractivity contribution >= 4 is 93.6 Å². The predicted octanol–water partition coefficient (Wildman–Crippen LogP) is 10.3. The van der Waals surface area contributed by atoms with Gasteiger partial charge in [-0.05, 0) is 104 Å². The Morgan fingerprint density at radius 3 is 0.603 bits per heavy atom. The van der Waals surface area contributed by atoms with Crippen molar-refractivity contribution in [3.63, 3.8) is 0 Å². The first kappa shape index (κ1) is 63.5. The van der Waals surface area contributed by atoms with Gasteiger partial charge in [-0.25, -0.2) is 37.5 Å². The Morgan fingerprint density at radius 2 is 0.462 bits per heavy atom. The summed E-state index contributed by atoms with van der Waals surface area (Å²) in [5, 5.41) is 4.06. The van der Waals surface area contributed by atoms with Gasteiger partial charge >= 0.3 is 56.4 Å². The van der Waals surface area contributed by atoms with Gasteiger partial charge in [-0.3, -0.25) is 38.4 Å². The van der Waals surface area contributed by atoms with Crippen molar-refractivity contribution in [2.24, 2.45) is 0 Å².